The molecule has 10 nitrogen and oxygen atoms in total. The fraction of sp³-hybridized carbons (Fsp3) is 0.471. The number of piperazine rings is 1. The van der Waals surface area contributed by atoms with Crippen LogP contribution in [0.1, 0.15) is 24.1 Å². The second kappa shape index (κ2) is 14.2. The molecule has 1 N–H and O–H groups in total. The van der Waals surface area contributed by atoms with Crippen LogP contribution in [-0.2, 0) is 17.8 Å². The van der Waals surface area contributed by atoms with E-state index in [1.807, 2.05) is 12.1 Å². The van der Waals surface area contributed by atoms with E-state index in [2.05, 4.69) is 56.2 Å². The maximum atomic E-state index is 14.7. The molecule has 0 aliphatic carbocycles. The van der Waals surface area contributed by atoms with E-state index in [0.29, 0.717) is 49.7 Å². The standard InChI is InChI=1S/C34H40ClFN8O2/c1-37-14-12-28(36)33(45)44-18-17-43(20-25(44)19-38-2)32-26-13-16-42(30-11-5-8-23-7-4-10-27(35)31(23)30)21-29(26)39-34(40-32)46-22-24-9-6-15-41(24)3/h4-5,7-8,10-12,24-25,37H,6,9,13-22H2,1,3H3/b28-12+/t24-,25-/m0/s1. The first-order valence-corrected chi connectivity index (χ1v) is 16.3. The van der Waals surface area contributed by atoms with Crippen molar-refractivity contribution in [1.29, 1.82) is 0 Å². The third kappa shape index (κ3) is 6.61. The second-order valence-electron chi connectivity index (χ2n) is 12.2. The minimum Gasteiger partial charge on any atom is -0.462 e. The van der Waals surface area contributed by atoms with Gasteiger partial charge >= 0.3 is 6.01 Å². The van der Waals surface area contributed by atoms with E-state index in [-0.39, 0.29) is 19.6 Å². The smallest absolute Gasteiger partial charge is 0.318 e. The number of carbonyl (C=O) groups is 1. The number of likely N-dealkylation sites (tertiary alicyclic amines) is 1. The highest BCUT2D eigenvalue weighted by Gasteiger charge is 2.37. The van der Waals surface area contributed by atoms with Crippen molar-refractivity contribution in [3.05, 3.63) is 76.0 Å². The third-order valence-corrected chi connectivity index (χ3v) is 9.62. The number of nitrogens with one attached hydrogen (secondary N) is 1. The number of fused-ring (bicyclic) bond motifs is 2. The van der Waals surface area contributed by atoms with Crippen molar-refractivity contribution in [3.63, 3.8) is 0 Å². The van der Waals surface area contributed by atoms with Gasteiger partial charge in [0, 0.05) is 55.4 Å². The molecule has 6 rings (SSSR count). The van der Waals surface area contributed by atoms with Gasteiger partial charge in [-0.2, -0.15) is 9.97 Å². The number of rotatable bonds is 9. The molecule has 1 amide bonds. The first-order chi connectivity index (χ1) is 22.4. The number of carbonyl (C=O) groups excluding carboxylic acids is 1. The Morgan fingerprint density at radius 3 is 2.74 bits per heavy atom. The molecule has 242 valence electrons. The number of hydrogen-bond acceptors (Lipinski definition) is 8. The second-order valence-corrected chi connectivity index (χ2v) is 12.6. The van der Waals surface area contributed by atoms with Crippen molar-refractivity contribution in [1.82, 2.24) is 25.1 Å². The highest BCUT2D eigenvalue weighted by atomic mass is 35.5. The molecule has 0 spiro atoms. The largest absolute Gasteiger partial charge is 0.462 e. The summed E-state index contributed by atoms with van der Waals surface area (Å²) in [5, 5.41) is 5.64. The third-order valence-electron chi connectivity index (χ3n) is 9.31. The van der Waals surface area contributed by atoms with Crippen LogP contribution in [0.25, 0.3) is 15.6 Å². The molecule has 0 unspecified atom stereocenters. The zero-order chi connectivity index (χ0) is 32.2. The van der Waals surface area contributed by atoms with E-state index < -0.39 is 17.8 Å². The average Bonchev–Trinajstić information content (AvgIpc) is 3.49. The molecule has 3 aliphatic heterocycles. The van der Waals surface area contributed by atoms with Crippen LogP contribution in [0.15, 0.2) is 48.3 Å². The summed E-state index contributed by atoms with van der Waals surface area (Å²) in [5.41, 5.74) is 2.98. The van der Waals surface area contributed by atoms with Crippen molar-refractivity contribution in [2.45, 2.75) is 37.9 Å². The minimum absolute atomic E-state index is 0.0712. The van der Waals surface area contributed by atoms with Gasteiger partial charge in [-0.15, -0.1) is 0 Å². The molecular formula is C34H40ClFN8O2. The van der Waals surface area contributed by atoms with Gasteiger partial charge in [0.25, 0.3) is 5.91 Å². The molecule has 2 saturated heterocycles. The Morgan fingerprint density at radius 2 is 1.98 bits per heavy atom. The fourth-order valence-corrected chi connectivity index (χ4v) is 7.09. The summed E-state index contributed by atoms with van der Waals surface area (Å²) >= 11 is 6.70. The Kier molecular flexibility index (Phi) is 9.87. The number of likely N-dealkylation sites (N-methyl/N-ethyl adjacent to an activating group) is 2. The monoisotopic (exact) mass is 646 g/mol. The average molecular weight is 647 g/mol. The van der Waals surface area contributed by atoms with E-state index >= 15 is 0 Å². The lowest BCUT2D eigenvalue weighted by atomic mass is 10.0. The SMILES string of the molecule is [C-]#[N+]C[C@H]1CN(c2nc(OC[C@@H]3CCCN3C)nc3c2CCN(c2cccc4cccc(Cl)c24)C3)CCN1C(=O)/C(F)=C\CNC. The summed E-state index contributed by atoms with van der Waals surface area (Å²) < 4.78 is 21.0. The Labute approximate surface area is 274 Å². The summed E-state index contributed by atoms with van der Waals surface area (Å²) in [4.78, 5) is 34.7. The highest BCUT2D eigenvalue weighted by Crippen LogP contribution is 2.37. The molecule has 46 heavy (non-hydrogen) atoms. The molecule has 1 aromatic heterocycles. The van der Waals surface area contributed by atoms with Crippen LogP contribution in [-0.4, -0.2) is 104 Å². The van der Waals surface area contributed by atoms with Gasteiger partial charge in [-0.1, -0.05) is 35.9 Å². The van der Waals surface area contributed by atoms with Crippen LogP contribution < -0.4 is 19.9 Å². The van der Waals surface area contributed by atoms with Gasteiger partial charge in [0.2, 0.25) is 6.54 Å². The van der Waals surface area contributed by atoms with Crippen molar-refractivity contribution < 1.29 is 13.9 Å². The van der Waals surface area contributed by atoms with Crippen LogP contribution in [0.2, 0.25) is 5.02 Å². The van der Waals surface area contributed by atoms with Crippen molar-refractivity contribution in [3.8, 4) is 6.01 Å². The molecule has 2 fully saturated rings. The molecule has 0 saturated carbocycles. The summed E-state index contributed by atoms with van der Waals surface area (Å²) in [6.45, 7) is 11.8. The van der Waals surface area contributed by atoms with E-state index in [9.17, 15) is 9.18 Å². The number of halogens is 2. The summed E-state index contributed by atoms with van der Waals surface area (Å²) in [5.74, 6) is -0.718. The van der Waals surface area contributed by atoms with Gasteiger partial charge in [-0.3, -0.25) is 4.79 Å². The van der Waals surface area contributed by atoms with Crippen LogP contribution in [0.4, 0.5) is 15.9 Å². The van der Waals surface area contributed by atoms with E-state index in [0.717, 1.165) is 59.5 Å². The number of amides is 1. The molecule has 12 heteroatoms. The predicted octanol–water partition coefficient (Wildman–Crippen LogP) is 4.33. The molecule has 3 aliphatic rings. The van der Waals surface area contributed by atoms with Gasteiger partial charge in [-0.05, 0) is 63.5 Å². The molecule has 2 atom stereocenters. The Balaban J connectivity index is 1.31. The Morgan fingerprint density at radius 1 is 1.15 bits per heavy atom. The maximum Gasteiger partial charge on any atom is 0.318 e. The van der Waals surface area contributed by atoms with Crippen molar-refractivity contribution in [2.75, 3.05) is 76.3 Å². The Bertz CT molecular complexity index is 1660. The lowest BCUT2D eigenvalue weighted by Gasteiger charge is -2.41. The maximum absolute atomic E-state index is 14.7. The Hall–Kier alpha value is -3.98. The van der Waals surface area contributed by atoms with Gasteiger partial charge < -0.3 is 34.5 Å². The quantitative estimate of drug-likeness (QED) is 0.272. The molecule has 0 bridgehead atoms. The highest BCUT2D eigenvalue weighted by molar-refractivity contribution is 6.36. The minimum atomic E-state index is -0.807. The topological polar surface area (TPSA) is 81.4 Å². The van der Waals surface area contributed by atoms with E-state index in [1.54, 1.807) is 7.05 Å². The summed E-state index contributed by atoms with van der Waals surface area (Å²) in [7, 11) is 3.81. The van der Waals surface area contributed by atoms with Gasteiger partial charge in [-0.25, -0.2) is 11.0 Å². The normalized spacial score (nSPS) is 20.6. The predicted molar refractivity (Wildman–Crippen MR) is 179 cm³/mol. The van der Waals surface area contributed by atoms with Crippen molar-refractivity contribution >= 4 is 39.8 Å². The van der Waals surface area contributed by atoms with Gasteiger partial charge in [0.15, 0.2) is 5.83 Å². The first kappa shape index (κ1) is 32.0. The molecule has 3 aromatic rings. The van der Waals surface area contributed by atoms with E-state index in [4.69, 9.17) is 32.9 Å². The van der Waals surface area contributed by atoms with Crippen LogP contribution in [0, 0.1) is 6.57 Å². The van der Waals surface area contributed by atoms with Crippen molar-refractivity contribution in [2.24, 2.45) is 0 Å². The number of anilines is 2. The number of aromatic nitrogens is 2. The summed E-state index contributed by atoms with van der Waals surface area (Å²) in [6, 6.07) is 12.3. The first-order valence-electron chi connectivity index (χ1n) is 15.9. The lowest BCUT2D eigenvalue weighted by molar-refractivity contribution is -0.131. The zero-order valence-corrected chi connectivity index (χ0v) is 27.1. The molecular weight excluding hydrogens is 607 g/mol. The van der Waals surface area contributed by atoms with Gasteiger partial charge in [0.05, 0.1) is 17.3 Å². The number of nitrogens with zero attached hydrogens (tertiary/aromatic N) is 7. The number of ether oxygens (including phenoxy) is 1. The number of hydrogen-bond donors (Lipinski definition) is 1. The van der Waals surface area contributed by atoms with E-state index in [1.165, 1.54) is 11.0 Å². The van der Waals surface area contributed by atoms with Crippen LogP contribution in [0.5, 0.6) is 6.01 Å². The fourth-order valence-electron chi connectivity index (χ4n) is 6.81. The van der Waals surface area contributed by atoms with Crippen LogP contribution in [0.3, 0.4) is 0 Å². The number of benzene rings is 2. The lowest BCUT2D eigenvalue weighted by Crippen LogP contribution is -2.57. The molecule has 2 aromatic carbocycles. The summed E-state index contributed by atoms with van der Waals surface area (Å²) in [6.07, 6.45) is 4.15. The zero-order valence-electron chi connectivity index (χ0n) is 26.4. The molecule has 4 heterocycles. The van der Waals surface area contributed by atoms with Gasteiger partial charge in [0.1, 0.15) is 18.5 Å². The van der Waals surface area contributed by atoms with Crippen LogP contribution >= 0.6 is 11.6 Å². The molecule has 0 radical (unpaired) electrons.